The van der Waals surface area contributed by atoms with Crippen molar-refractivity contribution < 1.29 is 14.4 Å². The van der Waals surface area contributed by atoms with E-state index in [1.54, 1.807) is 31.3 Å². The number of benzene rings is 2. The smallest absolute Gasteiger partial charge is 0.286 e. The molecule has 7 nitrogen and oxygen atoms in total. The van der Waals surface area contributed by atoms with Gasteiger partial charge in [0.05, 0.1) is 5.69 Å². The van der Waals surface area contributed by atoms with Crippen molar-refractivity contribution in [1.29, 1.82) is 0 Å². The summed E-state index contributed by atoms with van der Waals surface area (Å²) in [5.74, 6) is -1.24. The molecule has 27 heavy (non-hydrogen) atoms. The molecule has 0 aliphatic carbocycles. The molecule has 0 bridgehead atoms. The molecule has 3 aromatic rings. The summed E-state index contributed by atoms with van der Waals surface area (Å²) in [6.45, 7) is 0. The minimum Gasteiger partial charge on any atom is -0.311 e. The molecule has 0 spiro atoms. The highest BCUT2D eigenvalue weighted by Gasteiger charge is 2.39. The lowest BCUT2D eigenvalue weighted by molar-refractivity contribution is 0.0922. The highest BCUT2D eigenvalue weighted by molar-refractivity contribution is 6.33. The van der Waals surface area contributed by atoms with E-state index in [9.17, 15) is 14.4 Å². The molecular formula is C20H14N4O3. The largest absolute Gasteiger partial charge is 0.311 e. The number of aromatic nitrogens is 2. The molecule has 0 radical (unpaired) electrons. The molecule has 0 N–H and O–H groups in total. The van der Waals surface area contributed by atoms with Crippen LogP contribution in [0.2, 0.25) is 0 Å². The van der Waals surface area contributed by atoms with Crippen molar-refractivity contribution in [3.8, 4) is 0 Å². The predicted octanol–water partition coefficient (Wildman–Crippen LogP) is 2.55. The number of anilines is 2. The quantitative estimate of drug-likeness (QED) is 0.672. The number of carbonyl (C=O) groups is 3. The molecule has 1 aliphatic rings. The number of carbonyl (C=O) groups excluding carboxylic acids is 3. The van der Waals surface area contributed by atoms with Gasteiger partial charge < -0.3 is 4.90 Å². The summed E-state index contributed by atoms with van der Waals surface area (Å²) in [6, 6.07) is 15.6. The fraction of sp³-hybridized carbons (Fsp3) is 0.0500. The first kappa shape index (κ1) is 16.6. The van der Waals surface area contributed by atoms with E-state index in [1.165, 1.54) is 17.3 Å². The standard InChI is InChI=1S/C20H14N4O3/c1-23(14-5-3-2-4-6-14)18(25)13-7-9-15(10-8-13)24-19(26)16-17(20(24)27)22-12-11-21-16/h2-12H,1H3. The second kappa shape index (κ2) is 6.45. The van der Waals surface area contributed by atoms with Gasteiger partial charge in [0.25, 0.3) is 17.7 Å². The summed E-state index contributed by atoms with van der Waals surface area (Å²) >= 11 is 0. The third-order valence-corrected chi connectivity index (χ3v) is 4.33. The zero-order valence-electron chi connectivity index (χ0n) is 14.4. The van der Waals surface area contributed by atoms with Gasteiger partial charge in [0.15, 0.2) is 11.4 Å². The molecule has 1 aromatic heterocycles. The topological polar surface area (TPSA) is 83.5 Å². The maximum absolute atomic E-state index is 12.6. The number of rotatable bonds is 3. The van der Waals surface area contributed by atoms with Crippen LogP contribution in [-0.2, 0) is 0 Å². The van der Waals surface area contributed by atoms with Gasteiger partial charge in [-0.15, -0.1) is 0 Å². The summed E-state index contributed by atoms with van der Waals surface area (Å²) in [5.41, 5.74) is 1.64. The average molecular weight is 358 g/mol. The van der Waals surface area contributed by atoms with Crippen molar-refractivity contribution >= 4 is 29.1 Å². The van der Waals surface area contributed by atoms with E-state index in [0.29, 0.717) is 11.3 Å². The summed E-state index contributed by atoms with van der Waals surface area (Å²) in [5, 5.41) is 0. The summed E-state index contributed by atoms with van der Waals surface area (Å²) in [6.07, 6.45) is 2.74. The van der Waals surface area contributed by atoms with Gasteiger partial charge in [-0.3, -0.25) is 14.4 Å². The van der Waals surface area contributed by atoms with Crippen LogP contribution in [-0.4, -0.2) is 34.7 Å². The zero-order valence-corrected chi connectivity index (χ0v) is 14.4. The Hall–Kier alpha value is -3.87. The van der Waals surface area contributed by atoms with Gasteiger partial charge in [0.1, 0.15) is 0 Å². The maximum atomic E-state index is 12.6. The monoisotopic (exact) mass is 358 g/mol. The van der Waals surface area contributed by atoms with E-state index < -0.39 is 11.8 Å². The normalized spacial score (nSPS) is 12.9. The Kier molecular flexibility index (Phi) is 3.97. The summed E-state index contributed by atoms with van der Waals surface area (Å²) in [7, 11) is 1.69. The van der Waals surface area contributed by atoms with Crippen LogP contribution in [0.1, 0.15) is 31.3 Å². The zero-order chi connectivity index (χ0) is 19.0. The van der Waals surface area contributed by atoms with E-state index in [4.69, 9.17) is 0 Å². The Labute approximate surface area is 154 Å². The fourth-order valence-electron chi connectivity index (χ4n) is 2.91. The van der Waals surface area contributed by atoms with Gasteiger partial charge in [0, 0.05) is 30.7 Å². The van der Waals surface area contributed by atoms with Gasteiger partial charge in [0.2, 0.25) is 0 Å². The number of para-hydroxylation sites is 1. The summed E-state index contributed by atoms with van der Waals surface area (Å²) < 4.78 is 0. The van der Waals surface area contributed by atoms with E-state index in [-0.39, 0.29) is 17.3 Å². The molecule has 0 saturated carbocycles. The molecular weight excluding hydrogens is 344 g/mol. The maximum Gasteiger partial charge on any atom is 0.286 e. The molecule has 2 aromatic carbocycles. The number of imide groups is 1. The molecule has 0 fully saturated rings. The number of hydrogen-bond donors (Lipinski definition) is 0. The Morgan fingerprint density at radius 1 is 0.852 bits per heavy atom. The van der Waals surface area contributed by atoms with Crippen LogP contribution in [0.3, 0.4) is 0 Å². The van der Waals surface area contributed by atoms with Crippen molar-refractivity contribution in [2.45, 2.75) is 0 Å². The van der Waals surface area contributed by atoms with E-state index >= 15 is 0 Å². The van der Waals surface area contributed by atoms with Crippen molar-refractivity contribution in [2.24, 2.45) is 0 Å². The van der Waals surface area contributed by atoms with Crippen molar-refractivity contribution in [3.63, 3.8) is 0 Å². The van der Waals surface area contributed by atoms with Crippen LogP contribution in [0.5, 0.6) is 0 Å². The van der Waals surface area contributed by atoms with E-state index in [0.717, 1.165) is 10.6 Å². The minimum absolute atomic E-state index is 0.0338. The third kappa shape index (κ3) is 2.75. The Morgan fingerprint density at radius 2 is 1.41 bits per heavy atom. The van der Waals surface area contributed by atoms with Crippen LogP contribution in [0.15, 0.2) is 67.0 Å². The van der Waals surface area contributed by atoms with Crippen molar-refractivity contribution in [1.82, 2.24) is 9.97 Å². The molecule has 132 valence electrons. The molecule has 1 aliphatic heterocycles. The molecule has 0 unspecified atom stereocenters. The number of nitrogens with zero attached hydrogens (tertiary/aromatic N) is 4. The molecule has 7 heteroatoms. The van der Waals surface area contributed by atoms with Crippen LogP contribution < -0.4 is 9.80 Å². The number of amides is 3. The lowest BCUT2D eigenvalue weighted by Crippen LogP contribution is -2.30. The second-order valence-corrected chi connectivity index (χ2v) is 5.95. The third-order valence-electron chi connectivity index (χ3n) is 4.33. The molecule has 4 rings (SSSR count). The molecule has 2 heterocycles. The molecule has 0 atom stereocenters. The average Bonchev–Trinajstić information content (AvgIpc) is 2.98. The Morgan fingerprint density at radius 3 is 1.96 bits per heavy atom. The Balaban J connectivity index is 1.59. The lowest BCUT2D eigenvalue weighted by Gasteiger charge is -2.18. The van der Waals surface area contributed by atoms with Crippen LogP contribution in [0, 0.1) is 0 Å². The SMILES string of the molecule is CN(C(=O)c1ccc(N2C(=O)c3nccnc3C2=O)cc1)c1ccccc1. The minimum atomic E-state index is -0.524. The van der Waals surface area contributed by atoms with E-state index in [2.05, 4.69) is 9.97 Å². The first-order chi connectivity index (χ1) is 13.1. The lowest BCUT2D eigenvalue weighted by atomic mass is 10.1. The molecule has 3 amide bonds. The van der Waals surface area contributed by atoms with Crippen molar-refractivity contribution in [2.75, 3.05) is 16.8 Å². The van der Waals surface area contributed by atoms with Crippen LogP contribution in [0.4, 0.5) is 11.4 Å². The van der Waals surface area contributed by atoms with Gasteiger partial charge >= 0.3 is 0 Å². The number of hydrogen-bond acceptors (Lipinski definition) is 5. The van der Waals surface area contributed by atoms with Gasteiger partial charge in [-0.2, -0.15) is 0 Å². The highest BCUT2D eigenvalue weighted by Crippen LogP contribution is 2.26. The first-order valence-electron chi connectivity index (χ1n) is 8.21. The van der Waals surface area contributed by atoms with Gasteiger partial charge in [-0.05, 0) is 36.4 Å². The van der Waals surface area contributed by atoms with Gasteiger partial charge in [-0.25, -0.2) is 14.9 Å². The first-order valence-corrected chi connectivity index (χ1v) is 8.21. The predicted molar refractivity (Wildman–Crippen MR) is 98.8 cm³/mol. The van der Waals surface area contributed by atoms with E-state index in [1.807, 2.05) is 30.3 Å². The van der Waals surface area contributed by atoms with Crippen LogP contribution >= 0.6 is 0 Å². The fourth-order valence-corrected chi connectivity index (χ4v) is 2.91. The summed E-state index contributed by atoms with van der Waals surface area (Å²) in [4.78, 5) is 48.0. The van der Waals surface area contributed by atoms with Gasteiger partial charge in [-0.1, -0.05) is 18.2 Å². The highest BCUT2D eigenvalue weighted by atomic mass is 16.2. The Bertz CT molecular complexity index is 1010. The number of fused-ring (bicyclic) bond motifs is 1. The van der Waals surface area contributed by atoms with Crippen LogP contribution in [0.25, 0.3) is 0 Å². The van der Waals surface area contributed by atoms with Crippen molar-refractivity contribution in [3.05, 3.63) is 83.9 Å². The second-order valence-electron chi connectivity index (χ2n) is 5.95. The molecule has 0 saturated heterocycles.